The first kappa shape index (κ1) is 80.9. The lowest BCUT2D eigenvalue weighted by Gasteiger charge is -2.18. The molecular weight excluding hydrogens is 1020 g/mol. The number of carbonyl (C=O) groups is 3. The summed E-state index contributed by atoms with van der Waals surface area (Å²) in [7, 11) is 0. The molecule has 83 heavy (non-hydrogen) atoms. The van der Waals surface area contributed by atoms with Crippen molar-refractivity contribution in [2.45, 2.75) is 438 Å². The highest BCUT2D eigenvalue weighted by Crippen LogP contribution is 2.19. The summed E-state index contributed by atoms with van der Waals surface area (Å²) in [5.41, 5.74) is 0. The van der Waals surface area contributed by atoms with Crippen LogP contribution in [-0.4, -0.2) is 37.2 Å². The van der Waals surface area contributed by atoms with Crippen molar-refractivity contribution in [3.05, 3.63) is 24.3 Å². The lowest BCUT2D eigenvalue weighted by Crippen LogP contribution is -2.30. The highest BCUT2D eigenvalue weighted by Gasteiger charge is 2.20. The zero-order valence-corrected chi connectivity index (χ0v) is 56.5. The molecule has 0 N–H and O–H groups in total. The zero-order chi connectivity index (χ0) is 59.9. The van der Waals surface area contributed by atoms with Gasteiger partial charge in [-0.1, -0.05) is 366 Å². The quantitative estimate of drug-likeness (QED) is 0.0261. The van der Waals surface area contributed by atoms with E-state index in [1.54, 1.807) is 0 Å². The minimum atomic E-state index is -0.774. The van der Waals surface area contributed by atoms with E-state index >= 15 is 0 Å². The summed E-state index contributed by atoms with van der Waals surface area (Å²) < 4.78 is 17.0. The van der Waals surface area contributed by atoms with Gasteiger partial charge >= 0.3 is 17.9 Å². The maximum atomic E-state index is 13.0. The normalized spacial score (nSPS) is 12.1. The fraction of sp³-hybridized carbons (Fsp3) is 0.909. The van der Waals surface area contributed by atoms with E-state index in [4.69, 9.17) is 14.2 Å². The summed E-state index contributed by atoms with van der Waals surface area (Å²) in [6, 6.07) is 0. The molecule has 0 aromatic rings. The molecule has 0 aliphatic carbocycles. The highest BCUT2D eigenvalue weighted by atomic mass is 16.6. The average Bonchev–Trinajstić information content (AvgIpc) is 3.49. The number of rotatable bonds is 71. The highest BCUT2D eigenvalue weighted by molar-refractivity contribution is 5.71. The molecule has 0 bridgehead atoms. The minimum Gasteiger partial charge on any atom is -0.462 e. The van der Waals surface area contributed by atoms with Crippen LogP contribution in [0.1, 0.15) is 432 Å². The van der Waals surface area contributed by atoms with Crippen molar-refractivity contribution in [2.75, 3.05) is 13.2 Å². The lowest BCUT2D eigenvalue weighted by atomic mass is 10.0. The van der Waals surface area contributed by atoms with Crippen LogP contribution in [-0.2, 0) is 28.6 Å². The van der Waals surface area contributed by atoms with Gasteiger partial charge in [-0.15, -0.1) is 0 Å². The van der Waals surface area contributed by atoms with E-state index in [0.29, 0.717) is 19.3 Å². The van der Waals surface area contributed by atoms with Crippen molar-refractivity contribution in [1.82, 2.24) is 0 Å². The number of unbranched alkanes of at least 4 members (excludes halogenated alkanes) is 56. The topological polar surface area (TPSA) is 78.9 Å². The van der Waals surface area contributed by atoms with Gasteiger partial charge in [0.05, 0.1) is 0 Å². The van der Waals surface area contributed by atoms with Gasteiger partial charge in [0.25, 0.3) is 0 Å². The molecule has 0 aromatic heterocycles. The van der Waals surface area contributed by atoms with Crippen LogP contribution in [0.25, 0.3) is 0 Å². The first-order valence-electron chi connectivity index (χ1n) is 37.8. The molecule has 0 spiro atoms. The summed E-state index contributed by atoms with van der Waals surface area (Å²) >= 11 is 0. The van der Waals surface area contributed by atoms with Gasteiger partial charge in [0, 0.05) is 19.3 Å². The number of hydrogen-bond acceptors (Lipinski definition) is 6. The van der Waals surface area contributed by atoms with Gasteiger partial charge in [-0.2, -0.15) is 0 Å². The predicted octanol–water partition coefficient (Wildman–Crippen LogP) is 26.1. The van der Waals surface area contributed by atoms with E-state index < -0.39 is 6.10 Å². The molecule has 0 radical (unpaired) electrons. The van der Waals surface area contributed by atoms with Crippen molar-refractivity contribution in [1.29, 1.82) is 0 Å². The molecule has 0 aliphatic heterocycles. The Morgan fingerprint density at radius 3 is 0.602 bits per heavy atom. The number of ether oxygens (including phenoxy) is 3. The largest absolute Gasteiger partial charge is 0.462 e. The van der Waals surface area contributed by atoms with Gasteiger partial charge in [0.1, 0.15) is 13.2 Å². The van der Waals surface area contributed by atoms with Gasteiger partial charge in [0.15, 0.2) is 6.10 Å². The van der Waals surface area contributed by atoms with E-state index in [0.717, 1.165) is 64.2 Å². The second kappa shape index (κ2) is 72.4. The summed E-state index contributed by atoms with van der Waals surface area (Å²) in [6.07, 6.45) is 89.5. The minimum absolute atomic E-state index is 0.0691. The Bertz CT molecular complexity index is 1340. The molecule has 0 saturated carbocycles. The molecular formula is C77H146O6. The molecule has 0 heterocycles. The molecule has 1 atom stereocenters. The maximum Gasteiger partial charge on any atom is 0.306 e. The third kappa shape index (κ3) is 70.5. The standard InChI is InChI=1S/C77H146O6/c1-4-7-10-13-16-19-22-25-28-30-32-33-34-35-36-37-38-39-40-41-42-43-45-46-49-52-55-58-61-64-67-70-76(79)82-73-74(72-81-75(78)69-66-63-60-57-54-51-48-27-24-21-18-15-12-9-6-3)83-77(80)71-68-65-62-59-56-53-50-47-44-31-29-26-23-20-17-14-11-8-5-2/h26-27,29,48,74H,4-25,28,30-47,49-73H2,1-3H3/b29-26-,48-27-. The van der Waals surface area contributed by atoms with Crippen molar-refractivity contribution < 1.29 is 28.6 Å². The van der Waals surface area contributed by atoms with Crippen molar-refractivity contribution in [2.24, 2.45) is 0 Å². The van der Waals surface area contributed by atoms with E-state index in [1.807, 2.05) is 0 Å². The van der Waals surface area contributed by atoms with Gasteiger partial charge in [-0.3, -0.25) is 14.4 Å². The molecule has 0 aromatic carbocycles. The zero-order valence-electron chi connectivity index (χ0n) is 56.5. The van der Waals surface area contributed by atoms with Gasteiger partial charge in [0.2, 0.25) is 0 Å². The van der Waals surface area contributed by atoms with Crippen LogP contribution in [0.15, 0.2) is 24.3 Å². The molecule has 0 fully saturated rings. The number of carbonyl (C=O) groups excluding carboxylic acids is 3. The van der Waals surface area contributed by atoms with Crippen LogP contribution < -0.4 is 0 Å². The Morgan fingerprint density at radius 2 is 0.398 bits per heavy atom. The molecule has 0 saturated heterocycles. The van der Waals surface area contributed by atoms with E-state index in [9.17, 15) is 14.4 Å². The first-order chi connectivity index (χ1) is 41.0. The molecule has 6 heteroatoms. The average molecular weight is 1170 g/mol. The Labute approximate surface area is 519 Å². The summed E-state index contributed by atoms with van der Waals surface area (Å²) in [6.45, 7) is 6.71. The Hall–Kier alpha value is -2.11. The van der Waals surface area contributed by atoms with Gasteiger partial charge in [-0.25, -0.2) is 0 Å². The molecule has 0 aliphatic rings. The van der Waals surface area contributed by atoms with Crippen LogP contribution in [0, 0.1) is 0 Å². The second-order valence-electron chi connectivity index (χ2n) is 25.9. The number of hydrogen-bond donors (Lipinski definition) is 0. The van der Waals surface area contributed by atoms with Crippen LogP contribution in [0.4, 0.5) is 0 Å². The molecule has 0 rings (SSSR count). The fourth-order valence-corrected chi connectivity index (χ4v) is 11.7. The first-order valence-corrected chi connectivity index (χ1v) is 37.8. The lowest BCUT2D eigenvalue weighted by molar-refractivity contribution is -0.167. The van der Waals surface area contributed by atoms with E-state index in [-0.39, 0.29) is 31.1 Å². The SMILES string of the molecule is CCCCCCCC/C=C\CCCCCCCCCCCC(=O)OC(COC(=O)CCCCCCC/C=C\CCCCCCCC)COC(=O)CCCCCCCCCCCCCCCCCCCCCCCCCCCCCCCCC. The Balaban J connectivity index is 4.16. The summed E-state index contributed by atoms with van der Waals surface area (Å²) in [4.78, 5) is 38.5. The predicted molar refractivity (Wildman–Crippen MR) is 363 cm³/mol. The number of allylic oxidation sites excluding steroid dienone is 4. The van der Waals surface area contributed by atoms with Crippen LogP contribution in [0.2, 0.25) is 0 Å². The van der Waals surface area contributed by atoms with Crippen molar-refractivity contribution >= 4 is 17.9 Å². The molecule has 6 nitrogen and oxygen atoms in total. The molecule has 0 amide bonds. The monoisotopic (exact) mass is 1170 g/mol. The second-order valence-corrected chi connectivity index (χ2v) is 25.9. The van der Waals surface area contributed by atoms with Crippen LogP contribution in [0.3, 0.4) is 0 Å². The van der Waals surface area contributed by atoms with E-state index in [2.05, 4.69) is 45.1 Å². The molecule has 490 valence electrons. The van der Waals surface area contributed by atoms with Crippen molar-refractivity contribution in [3.63, 3.8) is 0 Å². The Kier molecular flexibility index (Phi) is 70.5. The summed E-state index contributed by atoms with van der Waals surface area (Å²) in [5.74, 6) is -0.847. The summed E-state index contributed by atoms with van der Waals surface area (Å²) in [5, 5.41) is 0. The fourth-order valence-electron chi connectivity index (χ4n) is 11.7. The maximum absolute atomic E-state index is 13.0. The van der Waals surface area contributed by atoms with Crippen molar-refractivity contribution in [3.8, 4) is 0 Å². The van der Waals surface area contributed by atoms with Gasteiger partial charge < -0.3 is 14.2 Å². The van der Waals surface area contributed by atoms with E-state index in [1.165, 1.54) is 327 Å². The van der Waals surface area contributed by atoms with Crippen LogP contribution >= 0.6 is 0 Å². The van der Waals surface area contributed by atoms with Crippen LogP contribution in [0.5, 0.6) is 0 Å². The molecule has 1 unspecified atom stereocenters. The Morgan fingerprint density at radius 1 is 0.229 bits per heavy atom. The third-order valence-corrected chi connectivity index (χ3v) is 17.4. The third-order valence-electron chi connectivity index (χ3n) is 17.4. The smallest absolute Gasteiger partial charge is 0.306 e. The van der Waals surface area contributed by atoms with Gasteiger partial charge in [-0.05, 0) is 70.6 Å². The number of esters is 3.